The Morgan fingerprint density at radius 3 is 2.81 bits per heavy atom. The molecule has 0 amide bonds. The molecule has 0 saturated heterocycles. The van der Waals surface area contributed by atoms with E-state index < -0.39 is 0 Å². The third-order valence-electron chi connectivity index (χ3n) is 1.87. The van der Waals surface area contributed by atoms with Gasteiger partial charge < -0.3 is 4.74 Å². The highest BCUT2D eigenvalue weighted by Gasteiger charge is 1.98. The van der Waals surface area contributed by atoms with Crippen molar-refractivity contribution >= 4 is 11.6 Å². The predicted molar refractivity (Wildman–Crippen MR) is 57.8 cm³/mol. The van der Waals surface area contributed by atoms with Crippen LogP contribution in [0.3, 0.4) is 0 Å². The Labute approximate surface area is 96.9 Å². The zero-order valence-electron chi connectivity index (χ0n) is 8.23. The highest BCUT2D eigenvalue weighted by atomic mass is 35.5. The molecule has 0 aliphatic carbocycles. The Bertz CT molecular complexity index is 476. The van der Waals surface area contributed by atoms with Crippen LogP contribution >= 0.6 is 11.6 Å². The van der Waals surface area contributed by atoms with Crippen LogP contribution in [0.1, 0.15) is 5.56 Å². The highest BCUT2D eigenvalue weighted by molar-refractivity contribution is 6.29. The minimum Gasteiger partial charge on any atom is -0.487 e. The van der Waals surface area contributed by atoms with Gasteiger partial charge in [-0.3, -0.25) is 4.98 Å². The second-order valence-corrected chi connectivity index (χ2v) is 3.50. The van der Waals surface area contributed by atoms with Crippen molar-refractivity contribution in [2.75, 3.05) is 0 Å². The normalized spacial score (nSPS) is 10.1. The maximum atomic E-state index is 12.8. The van der Waals surface area contributed by atoms with Gasteiger partial charge in [0, 0.05) is 11.8 Å². The second kappa shape index (κ2) is 4.90. The van der Waals surface area contributed by atoms with Gasteiger partial charge in [0.2, 0.25) is 0 Å². The molecule has 0 unspecified atom stereocenters. The fraction of sp³-hybridized carbons (Fsp3) is 0.0909. The van der Waals surface area contributed by atoms with Gasteiger partial charge in [-0.1, -0.05) is 11.6 Å². The molecule has 0 N–H and O–H groups in total. The largest absolute Gasteiger partial charge is 0.487 e. The van der Waals surface area contributed by atoms with Gasteiger partial charge in [-0.2, -0.15) is 0 Å². The van der Waals surface area contributed by atoms with Crippen LogP contribution in [0.5, 0.6) is 5.75 Å². The summed E-state index contributed by atoms with van der Waals surface area (Å²) < 4.78 is 18.2. The van der Waals surface area contributed by atoms with Gasteiger partial charge in [-0.25, -0.2) is 9.37 Å². The summed E-state index contributed by atoms with van der Waals surface area (Å²) in [5.74, 6) is 0.198. The first-order chi connectivity index (χ1) is 7.74. The van der Waals surface area contributed by atoms with Crippen LogP contribution in [0, 0.1) is 5.82 Å². The summed E-state index contributed by atoms with van der Waals surface area (Å²) in [5.41, 5.74) is 0.662. The van der Waals surface area contributed by atoms with E-state index >= 15 is 0 Å². The van der Waals surface area contributed by atoms with E-state index in [0.717, 1.165) is 6.20 Å². The van der Waals surface area contributed by atoms with Crippen LogP contribution in [-0.4, -0.2) is 9.97 Å². The zero-order chi connectivity index (χ0) is 11.4. The first-order valence-corrected chi connectivity index (χ1v) is 4.95. The first-order valence-electron chi connectivity index (χ1n) is 4.58. The van der Waals surface area contributed by atoms with E-state index in [2.05, 4.69) is 9.97 Å². The van der Waals surface area contributed by atoms with E-state index in [1.165, 1.54) is 12.3 Å². The molecule has 0 atom stereocenters. The van der Waals surface area contributed by atoms with Crippen molar-refractivity contribution in [1.29, 1.82) is 0 Å². The third kappa shape index (κ3) is 2.90. The lowest BCUT2D eigenvalue weighted by molar-refractivity contribution is 0.304. The number of rotatable bonds is 3. The number of halogens is 2. The molecule has 82 valence electrons. The van der Waals surface area contributed by atoms with Gasteiger partial charge in [0.1, 0.15) is 23.3 Å². The van der Waals surface area contributed by atoms with Gasteiger partial charge in [0.05, 0.1) is 12.4 Å². The summed E-state index contributed by atoms with van der Waals surface area (Å²) >= 11 is 5.62. The quantitative estimate of drug-likeness (QED) is 0.772. The summed E-state index contributed by atoms with van der Waals surface area (Å²) in [6.45, 7) is 0.244. The molecule has 0 saturated carbocycles. The lowest BCUT2D eigenvalue weighted by Crippen LogP contribution is -1.97. The maximum absolute atomic E-state index is 12.8. The standard InChI is InChI=1S/C11H8ClFN2O/c12-11-2-1-10(6-15-11)16-7-8-3-9(13)5-14-4-8/h1-6H,7H2. The Morgan fingerprint density at radius 2 is 2.12 bits per heavy atom. The predicted octanol–water partition coefficient (Wildman–Crippen LogP) is 2.85. The van der Waals surface area contributed by atoms with Crippen LogP contribution in [0.2, 0.25) is 5.15 Å². The molecule has 5 heteroatoms. The molecule has 2 rings (SSSR count). The molecule has 0 aromatic carbocycles. The SMILES string of the molecule is Fc1cncc(COc2ccc(Cl)nc2)c1. The van der Waals surface area contributed by atoms with Gasteiger partial charge in [-0.15, -0.1) is 0 Å². The molecule has 0 spiro atoms. The van der Waals surface area contributed by atoms with Gasteiger partial charge in [-0.05, 0) is 18.2 Å². The van der Waals surface area contributed by atoms with Crippen molar-refractivity contribution in [3.63, 3.8) is 0 Å². The fourth-order valence-corrected chi connectivity index (χ4v) is 1.26. The van der Waals surface area contributed by atoms with E-state index in [1.54, 1.807) is 18.3 Å². The van der Waals surface area contributed by atoms with Crippen LogP contribution in [-0.2, 0) is 6.61 Å². The maximum Gasteiger partial charge on any atom is 0.141 e. The molecule has 3 nitrogen and oxygen atoms in total. The number of hydrogen-bond donors (Lipinski definition) is 0. The topological polar surface area (TPSA) is 35.0 Å². The lowest BCUT2D eigenvalue weighted by Gasteiger charge is -2.05. The van der Waals surface area contributed by atoms with E-state index in [-0.39, 0.29) is 12.4 Å². The number of aromatic nitrogens is 2. The fourth-order valence-electron chi connectivity index (χ4n) is 1.15. The van der Waals surface area contributed by atoms with Gasteiger partial charge in [0.15, 0.2) is 0 Å². The smallest absolute Gasteiger partial charge is 0.141 e. The van der Waals surface area contributed by atoms with Gasteiger partial charge >= 0.3 is 0 Å². The highest BCUT2D eigenvalue weighted by Crippen LogP contribution is 2.13. The monoisotopic (exact) mass is 238 g/mol. The van der Waals surface area contributed by atoms with E-state index in [4.69, 9.17) is 16.3 Å². The van der Waals surface area contributed by atoms with E-state index in [0.29, 0.717) is 16.5 Å². The van der Waals surface area contributed by atoms with E-state index in [1.807, 2.05) is 0 Å². The molecular weight excluding hydrogens is 231 g/mol. The van der Waals surface area contributed by atoms with E-state index in [9.17, 15) is 4.39 Å². The summed E-state index contributed by atoms with van der Waals surface area (Å²) in [5, 5.41) is 0.403. The molecule has 2 aromatic heterocycles. The number of nitrogens with zero attached hydrogens (tertiary/aromatic N) is 2. The molecule has 2 aromatic rings. The average Bonchev–Trinajstić information content (AvgIpc) is 2.28. The molecule has 0 aliphatic rings. The minimum absolute atomic E-state index is 0.244. The minimum atomic E-state index is -0.379. The van der Waals surface area contributed by atoms with Crippen molar-refractivity contribution < 1.29 is 9.13 Å². The van der Waals surface area contributed by atoms with Crippen LogP contribution in [0.25, 0.3) is 0 Å². The summed E-state index contributed by atoms with van der Waals surface area (Å²) in [6, 6.07) is 4.69. The first kappa shape index (κ1) is 10.8. The van der Waals surface area contributed by atoms with Crippen molar-refractivity contribution in [3.8, 4) is 5.75 Å². The molecule has 16 heavy (non-hydrogen) atoms. The summed E-state index contributed by atoms with van der Waals surface area (Å²) in [4.78, 5) is 7.58. The second-order valence-electron chi connectivity index (χ2n) is 3.12. The van der Waals surface area contributed by atoms with Crippen molar-refractivity contribution in [3.05, 3.63) is 53.3 Å². The Balaban J connectivity index is 1.99. The Hall–Kier alpha value is -1.68. The zero-order valence-corrected chi connectivity index (χ0v) is 8.99. The number of pyridine rings is 2. The Morgan fingerprint density at radius 1 is 1.25 bits per heavy atom. The molecule has 0 fully saturated rings. The summed E-state index contributed by atoms with van der Waals surface area (Å²) in [6.07, 6.45) is 4.20. The van der Waals surface area contributed by atoms with Crippen molar-refractivity contribution in [2.24, 2.45) is 0 Å². The van der Waals surface area contributed by atoms with Gasteiger partial charge in [0.25, 0.3) is 0 Å². The van der Waals surface area contributed by atoms with Crippen molar-refractivity contribution in [2.45, 2.75) is 6.61 Å². The molecule has 0 radical (unpaired) electrons. The molecule has 0 aliphatic heterocycles. The molecule has 2 heterocycles. The van der Waals surface area contributed by atoms with Crippen LogP contribution in [0.4, 0.5) is 4.39 Å². The average molecular weight is 239 g/mol. The molecule has 0 bridgehead atoms. The third-order valence-corrected chi connectivity index (χ3v) is 2.09. The number of ether oxygens (including phenoxy) is 1. The van der Waals surface area contributed by atoms with Crippen molar-refractivity contribution in [1.82, 2.24) is 9.97 Å². The van der Waals surface area contributed by atoms with Crippen LogP contribution < -0.4 is 4.74 Å². The Kier molecular flexibility index (Phi) is 3.31. The van der Waals surface area contributed by atoms with Crippen LogP contribution in [0.15, 0.2) is 36.8 Å². The summed E-state index contributed by atoms with van der Waals surface area (Å²) in [7, 11) is 0. The lowest BCUT2D eigenvalue weighted by atomic mass is 10.3. The molecular formula is C11H8ClFN2O. The number of hydrogen-bond acceptors (Lipinski definition) is 3.